The zero-order valence-electron chi connectivity index (χ0n) is 14.8. The average Bonchev–Trinajstić information content (AvgIpc) is 2.64. The monoisotopic (exact) mass is 407 g/mol. The van der Waals surface area contributed by atoms with Crippen molar-refractivity contribution in [2.45, 2.75) is 26.2 Å². The molecule has 7 nitrogen and oxygen atoms in total. The van der Waals surface area contributed by atoms with E-state index in [4.69, 9.17) is 23.2 Å². The average molecular weight is 408 g/mol. The van der Waals surface area contributed by atoms with Crippen LogP contribution in [0.4, 0.5) is 17.3 Å². The lowest BCUT2D eigenvalue weighted by Crippen LogP contribution is -2.31. The molecule has 0 atom stereocenters. The number of piperidine rings is 1. The second-order valence-electron chi connectivity index (χ2n) is 6.24. The fourth-order valence-electron chi connectivity index (χ4n) is 2.84. The Morgan fingerprint density at radius 3 is 2.48 bits per heavy atom. The van der Waals surface area contributed by atoms with Gasteiger partial charge in [-0.25, -0.2) is 9.97 Å². The Morgan fingerprint density at radius 2 is 1.81 bits per heavy atom. The van der Waals surface area contributed by atoms with Crippen molar-refractivity contribution < 1.29 is 9.59 Å². The van der Waals surface area contributed by atoms with Crippen molar-refractivity contribution in [1.82, 2.24) is 9.97 Å². The number of carbonyl (C=O) groups excluding carboxylic acids is 2. The maximum absolute atomic E-state index is 12.6. The first-order valence-corrected chi connectivity index (χ1v) is 9.35. The molecule has 2 heterocycles. The summed E-state index contributed by atoms with van der Waals surface area (Å²) in [5, 5.41) is 5.81. The molecule has 3 rings (SSSR count). The summed E-state index contributed by atoms with van der Waals surface area (Å²) in [7, 11) is 0. The van der Waals surface area contributed by atoms with E-state index in [2.05, 4.69) is 25.5 Å². The Bertz CT molecular complexity index is 869. The molecule has 1 aromatic heterocycles. The lowest BCUT2D eigenvalue weighted by Gasteiger charge is -2.26. The minimum Gasteiger partial charge on any atom is -0.341 e. The van der Waals surface area contributed by atoms with E-state index in [1.807, 2.05) is 0 Å². The molecule has 2 amide bonds. The van der Waals surface area contributed by atoms with Crippen LogP contribution in [-0.4, -0.2) is 34.9 Å². The number of nitrogens with one attached hydrogen (secondary N) is 2. The van der Waals surface area contributed by atoms with E-state index >= 15 is 0 Å². The first-order chi connectivity index (χ1) is 12.9. The number of carbonyl (C=O) groups is 2. The van der Waals surface area contributed by atoms with Crippen LogP contribution >= 0.6 is 23.2 Å². The SMILES string of the molecule is CC(=O)Nc1ccc(NC(=O)c2nc(N3CCCCC3)ncc2Cl)cc1Cl. The van der Waals surface area contributed by atoms with Crippen molar-refractivity contribution in [1.29, 1.82) is 0 Å². The molecule has 0 bridgehead atoms. The fraction of sp³-hybridized carbons (Fsp3) is 0.333. The molecule has 1 aliphatic heterocycles. The molecule has 2 aromatic rings. The quantitative estimate of drug-likeness (QED) is 0.799. The number of rotatable bonds is 4. The molecule has 1 aliphatic rings. The van der Waals surface area contributed by atoms with Crippen molar-refractivity contribution in [2.75, 3.05) is 28.6 Å². The number of amides is 2. The van der Waals surface area contributed by atoms with Gasteiger partial charge in [0.15, 0.2) is 5.69 Å². The van der Waals surface area contributed by atoms with Crippen LogP contribution < -0.4 is 15.5 Å². The van der Waals surface area contributed by atoms with E-state index in [0.717, 1.165) is 25.9 Å². The van der Waals surface area contributed by atoms with E-state index < -0.39 is 5.91 Å². The third-order valence-corrected chi connectivity index (χ3v) is 4.71. The standard InChI is InChI=1S/C18H19Cl2N5O2/c1-11(26)22-15-6-5-12(9-13(15)19)23-17(27)16-14(20)10-21-18(24-16)25-7-3-2-4-8-25/h5-6,9-10H,2-4,7-8H2,1H3,(H,22,26)(H,23,27). The molecule has 27 heavy (non-hydrogen) atoms. The summed E-state index contributed by atoms with van der Waals surface area (Å²) in [6, 6.07) is 4.79. The fourth-order valence-corrected chi connectivity index (χ4v) is 3.24. The molecule has 1 saturated heterocycles. The van der Waals surface area contributed by atoms with E-state index in [0.29, 0.717) is 22.3 Å². The predicted molar refractivity (Wildman–Crippen MR) is 107 cm³/mol. The highest BCUT2D eigenvalue weighted by Crippen LogP contribution is 2.26. The molecule has 0 radical (unpaired) electrons. The predicted octanol–water partition coefficient (Wildman–Crippen LogP) is 3.98. The van der Waals surface area contributed by atoms with Gasteiger partial charge in [0.05, 0.1) is 21.9 Å². The molecule has 9 heteroatoms. The van der Waals surface area contributed by atoms with Gasteiger partial charge in [-0.1, -0.05) is 23.2 Å². The van der Waals surface area contributed by atoms with E-state index in [-0.39, 0.29) is 16.6 Å². The molecule has 2 N–H and O–H groups in total. The molecule has 0 aliphatic carbocycles. The number of halogens is 2. The van der Waals surface area contributed by atoms with Crippen LogP contribution in [0.25, 0.3) is 0 Å². The van der Waals surface area contributed by atoms with Crippen molar-refractivity contribution in [2.24, 2.45) is 0 Å². The summed E-state index contributed by atoms with van der Waals surface area (Å²) in [5.41, 5.74) is 1.04. The van der Waals surface area contributed by atoms with Crippen LogP contribution in [0.2, 0.25) is 10.0 Å². The minimum atomic E-state index is -0.455. The molecule has 1 aromatic carbocycles. The van der Waals surface area contributed by atoms with Gasteiger partial charge in [-0.3, -0.25) is 9.59 Å². The van der Waals surface area contributed by atoms with Crippen molar-refractivity contribution >= 4 is 52.3 Å². The van der Waals surface area contributed by atoms with E-state index in [9.17, 15) is 9.59 Å². The summed E-state index contributed by atoms with van der Waals surface area (Å²) in [6.07, 6.45) is 4.78. The second-order valence-corrected chi connectivity index (χ2v) is 7.06. The van der Waals surface area contributed by atoms with Gasteiger partial charge in [-0.05, 0) is 37.5 Å². The normalized spacial score (nSPS) is 14.0. The maximum Gasteiger partial charge on any atom is 0.276 e. The highest BCUT2D eigenvalue weighted by molar-refractivity contribution is 6.35. The smallest absolute Gasteiger partial charge is 0.276 e. The molecule has 0 saturated carbocycles. The summed E-state index contributed by atoms with van der Waals surface area (Å²) >= 11 is 12.3. The van der Waals surface area contributed by atoms with Gasteiger partial charge in [0.1, 0.15) is 0 Å². The first-order valence-electron chi connectivity index (χ1n) is 8.60. The van der Waals surface area contributed by atoms with E-state index in [1.54, 1.807) is 18.2 Å². The number of benzene rings is 1. The second kappa shape index (κ2) is 8.54. The lowest BCUT2D eigenvalue weighted by atomic mass is 10.1. The first kappa shape index (κ1) is 19.4. The van der Waals surface area contributed by atoms with Crippen LogP contribution in [-0.2, 0) is 4.79 Å². The summed E-state index contributed by atoms with van der Waals surface area (Å²) < 4.78 is 0. The van der Waals surface area contributed by atoms with Crippen LogP contribution in [0, 0.1) is 0 Å². The molecular weight excluding hydrogens is 389 g/mol. The molecule has 142 valence electrons. The van der Waals surface area contributed by atoms with Crippen molar-refractivity contribution in [3.8, 4) is 0 Å². The highest BCUT2D eigenvalue weighted by atomic mass is 35.5. The van der Waals surface area contributed by atoms with Gasteiger partial charge in [0, 0.05) is 25.7 Å². The zero-order valence-corrected chi connectivity index (χ0v) is 16.3. The molecule has 1 fully saturated rings. The lowest BCUT2D eigenvalue weighted by molar-refractivity contribution is -0.114. The Hall–Kier alpha value is -2.38. The van der Waals surface area contributed by atoms with Gasteiger partial charge in [0.2, 0.25) is 11.9 Å². The molecular formula is C18H19Cl2N5O2. The van der Waals surface area contributed by atoms with Crippen molar-refractivity contribution in [3.63, 3.8) is 0 Å². The Balaban J connectivity index is 1.77. The number of hydrogen-bond acceptors (Lipinski definition) is 5. The van der Waals surface area contributed by atoms with Gasteiger partial charge in [-0.15, -0.1) is 0 Å². The Kier molecular flexibility index (Phi) is 6.13. The van der Waals surface area contributed by atoms with Crippen LogP contribution in [0.5, 0.6) is 0 Å². The van der Waals surface area contributed by atoms with Crippen LogP contribution in [0.1, 0.15) is 36.7 Å². The third kappa shape index (κ3) is 4.87. The number of hydrogen-bond donors (Lipinski definition) is 2. The minimum absolute atomic E-state index is 0.106. The highest BCUT2D eigenvalue weighted by Gasteiger charge is 2.19. The molecule has 0 unspecified atom stereocenters. The number of nitrogens with zero attached hydrogens (tertiary/aromatic N) is 3. The van der Waals surface area contributed by atoms with Gasteiger partial charge >= 0.3 is 0 Å². The van der Waals surface area contributed by atoms with Crippen LogP contribution in [0.15, 0.2) is 24.4 Å². The van der Waals surface area contributed by atoms with Gasteiger partial charge in [-0.2, -0.15) is 0 Å². The number of aromatic nitrogens is 2. The number of anilines is 3. The van der Waals surface area contributed by atoms with Gasteiger partial charge < -0.3 is 15.5 Å². The summed E-state index contributed by atoms with van der Waals surface area (Å²) in [4.78, 5) is 34.4. The summed E-state index contributed by atoms with van der Waals surface area (Å²) in [6.45, 7) is 3.12. The summed E-state index contributed by atoms with van der Waals surface area (Å²) in [5.74, 6) is -0.181. The van der Waals surface area contributed by atoms with Crippen LogP contribution in [0.3, 0.4) is 0 Å². The maximum atomic E-state index is 12.6. The Morgan fingerprint density at radius 1 is 1.07 bits per heavy atom. The van der Waals surface area contributed by atoms with Crippen molar-refractivity contribution in [3.05, 3.63) is 40.1 Å². The zero-order chi connectivity index (χ0) is 19.4. The van der Waals surface area contributed by atoms with Gasteiger partial charge in [0.25, 0.3) is 5.91 Å². The van der Waals surface area contributed by atoms with E-state index in [1.165, 1.54) is 19.5 Å². The molecule has 0 spiro atoms. The Labute approximate surface area is 167 Å². The topological polar surface area (TPSA) is 87.2 Å². The largest absolute Gasteiger partial charge is 0.341 e. The third-order valence-electron chi connectivity index (χ3n) is 4.12.